The minimum absolute atomic E-state index is 0.0640. The molecule has 0 unspecified atom stereocenters. The molecule has 0 fully saturated rings. The highest BCUT2D eigenvalue weighted by Crippen LogP contribution is 2.13. The molecule has 0 atom stereocenters. The highest BCUT2D eigenvalue weighted by atomic mass is 16.5. The molecule has 21 heavy (non-hydrogen) atoms. The summed E-state index contributed by atoms with van der Waals surface area (Å²) in [5, 5.41) is 11.4. The van der Waals surface area contributed by atoms with Gasteiger partial charge < -0.3 is 15.2 Å². The minimum atomic E-state index is -1.06. The number of aromatic carboxylic acids is 1. The average molecular weight is 286 g/mol. The predicted octanol–water partition coefficient (Wildman–Crippen LogP) is 2.43. The molecular weight excluding hydrogens is 272 g/mol. The first-order chi connectivity index (χ1) is 10.1. The number of anilines is 1. The molecule has 1 aromatic carbocycles. The number of hydrogen-bond acceptors (Lipinski definition) is 4. The normalized spacial score (nSPS) is 9.95. The molecule has 0 saturated heterocycles. The van der Waals surface area contributed by atoms with E-state index in [1.807, 2.05) is 6.92 Å². The van der Waals surface area contributed by atoms with Crippen molar-refractivity contribution in [3.63, 3.8) is 0 Å². The van der Waals surface area contributed by atoms with Crippen LogP contribution in [-0.4, -0.2) is 28.6 Å². The van der Waals surface area contributed by atoms with Crippen LogP contribution in [-0.2, 0) is 0 Å². The number of benzene rings is 1. The SMILES string of the molecule is CCOc1ccc(C(=O)Nc2ccc(C(=O)O)cn2)cc1. The van der Waals surface area contributed by atoms with Crippen LogP contribution in [0.15, 0.2) is 42.6 Å². The van der Waals surface area contributed by atoms with E-state index in [-0.39, 0.29) is 11.5 Å². The molecule has 6 nitrogen and oxygen atoms in total. The monoisotopic (exact) mass is 286 g/mol. The summed E-state index contributed by atoms with van der Waals surface area (Å²) in [6.45, 7) is 2.44. The second kappa shape index (κ2) is 6.51. The van der Waals surface area contributed by atoms with E-state index in [1.165, 1.54) is 18.3 Å². The zero-order valence-electron chi connectivity index (χ0n) is 11.4. The number of hydrogen-bond donors (Lipinski definition) is 2. The Balaban J connectivity index is 2.05. The lowest BCUT2D eigenvalue weighted by Crippen LogP contribution is -2.13. The second-order valence-corrected chi connectivity index (χ2v) is 4.15. The Morgan fingerprint density at radius 2 is 1.81 bits per heavy atom. The Morgan fingerprint density at radius 3 is 2.33 bits per heavy atom. The molecule has 0 spiro atoms. The molecule has 1 heterocycles. The van der Waals surface area contributed by atoms with E-state index >= 15 is 0 Å². The zero-order chi connectivity index (χ0) is 15.2. The van der Waals surface area contributed by atoms with E-state index in [2.05, 4.69) is 10.3 Å². The summed E-state index contributed by atoms with van der Waals surface area (Å²) in [7, 11) is 0. The molecule has 2 N–H and O–H groups in total. The Hall–Kier alpha value is -2.89. The van der Waals surface area contributed by atoms with Crippen LogP contribution < -0.4 is 10.1 Å². The number of carboxylic acids is 1. The summed E-state index contributed by atoms with van der Waals surface area (Å²) in [5.74, 6) is -0.405. The maximum atomic E-state index is 12.0. The summed E-state index contributed by atoms with van der Waals surface area (Å²) < 4.78 is 5.29. The molecule has 0 radical (unpaired) electrons. The summed E-state index contributed by atoms with van der Waals surface area (Å²) in [4.78, 5) is 26.6. The van der Waals surface area contributed by atoms with Crippen molar-refractivity contribution in [2.45, 2.75) is 6.92 Å². The van der Waals surface area contributed by atoms with E-state index in [0.717, 1.165) is 0 Å². The third kappa shape index (κ3) is 3.79. The smallest absolute Gasteiger partial charge is 0.337 e. The van der Waals surface area contributed by atoms with E-state index in [0.29, 0.717) is 23.7 Å². The molecule has 2 aromatic rings. The summed E-state index contributed by atoms with van der Waals surface area (Å²) in [6.07, 6.45) is 1.19. The van der Waals surface area contributed by atoms with Gasteiger partial charge in [0.15, 0.2) is 0 Å². The van der Waals surface area contributed by atoms with E-state index in [4.69, 9.17) is 9.84 Å². The third-order valence-electron chi connectivity index (χ3n) is 2.68. The van der Waals surface area contributed by atoms with Crippen LogP contribution in [0.2, 0.25) is 0 Å². The first kappa shape index (κ1) is 14.5. The van der Waals surface area contributed by atoms with Crippen LogP contribution in [0.4, 0.5) is 5.82 Å². The quantitative estimate of drug-likeness (QED) is 0.881. The van der Waals surface area contributed by atoms with Gasteiger partial charge in [-0.05, 0) is 43.3 Å². The predicted molar refractivity (Wildman–Crippen MR) is 76.8 cm³/mol. The molecule has 0 aliphatic carbocycles. The van der Waals surface area contributed by atoms with Crippen LogP contribution in [0.25, 0.3) is 0 Å². The van der Waals surface area contributed by atoms with Crippen molar-refractivity contribution >= 4 is 17.7 Å². The molecule has 6 heteroatoms. The summed E-state index contributed by atoms with van der Waals surface area (Å²) in [5.41, 5.74) is 0.525. The zero-order valence-corrected chi connectivity index (χ0v) is 11.4. The molecule has 1 aromatic heterocycles. The fourth-order valence-corrected chi connectivity index (χ4v) is 1.65. The number of carboxylic acid groups (broad SMARTS) is 1. The first-order valence-electron chi connectivity index (χ1n) is 6.33. The van der Waals surface area contributed by atoms with Gasteiger partial charge in [0.1, 0.15) is 11.6 Å². The van der Waals surface area contributed by atoms with Crippen LogP contribution in [0.1, 0.15) is 27.6 Å². The third-order valence-corrected chi connectivity index (χ3v) is 2.68. The van der Waals surface area contributed by atoms with Gasteiger partial charge in [0.05, 0.1) is 12.2 Å². The lowest BCUT2D eigenvalue weighted by molar-refractivity contribution is 0.0696. The van der Waals surface area contributed by atoms with Gasteiger partial charge in [-0.3, -0.25) is 4.79 Å². The van der Waals surface area contributed by atoms with Gasteiger partial charge >= 0.3 is 5.97 Å². The Morgan fingerprint density at radius 1 is 1.14 bits per heavy atom. The molecule has 0 saturated carbocycles. The van der Waals surface area contributed by atoms with Crippen LogP contribution in [0, 0.1) is 0 Å². The lowest BCUT2D eigenvalue weighted by Gasteiger charge is -2.06. The van der Waals surface area contributed by atoms with E-state index in [1.54, 1.807) is 24.3 Å². The average Bonchev–Trinajstić information content (AvgIpc) is 2.49. The van der Waals surface area contributed by atoms with Gasteiger partial charge in [-0.2, -0.15) is 0 Å². The minimum Gasteiger partial charge on any atom is -0.494 e. The van der Waals surface area contributed by atoms with Gasteiger partial charge in [0.25, 0.3) is 5.91 Å². The number of rotatable bonds is 5. The molecule has 1 amide bonds. The Kier molecular flexibility index (Phi) is 4.50. The molecule has 0 aliphatic rings. The number of nitrogens with zero attached hydrogens (tertiary/aromatic N) is 1. The number of carbonyl (C=O) groups is 2. The van der Waals surface area contributed by atoms with Gasteiger partial charge in [-0.1, -0.05) is 0 Å². The Labute approximate surface area is 121 Å². The van der Waals surface area contributed by atoms with Gasteiger partial charge in [-0.15, -0.1) is 0 Å². The number of ether oxygens (including phenoxy) is 1. The molecule has 2 rings (SSSR count). The van der Waals surface area contributed by atoms with Gasteiger partial charge in [0.2, 0.25) is 0 Å². The second-order valence-electron chi connectivity index (χ2n) is 4.15. The van der Waals surface area contributed by atoms with Crippen molar-refractivity contribution in [1.82, 2.24) is 4.98 Å². The van der Waals surface area contributed by atoms with Crippen LogP contribution in [0.3, 0.4) is 0 Å². The van der Waals surface area contributed by atoms with E-state index in [9.17, 15) is 9.59 Å². The van der Waals surface area contributed by atoms with Crippen molar-refractivity contribution in [1.29, 1.82) is 0 Å². The lowest BCUT2D eigenvalue weighted by atomic mass is 10.2. The fourth-order valence-electron chi connectivity index (χ4n) is 1.65. The van der Waals surface area contributed by atoms with Gasteiger partial charge in [-0.25, -0.2) is 9.78 Å². The summed E-state index contributed by atoms with van der Waals surface area (Å²) in [6, 6.07) is 9.52. The maximum Gasteiger partial charge on any atom is 0.337 e. The number of carbonyl (C=O) groups excluding carboxylic acids is 1. The van der Waals surface area contributed by atoms with Gasteiger partial charge in [0, 0.05) is 11.8 Å². The number of pyridine rings is 1. The maximum absolute atomic E-state index is 12.0. The molecular formula is C15H14N2O4. The molecule has 108 valence electrons. The number of aromatic nitrogens is 1. The van der Waals surface area contributed by atoms with E-state index < -0.39 is 5.97 Å². The highest BCUT2D eigenvalue weighted by molar-refractivity contribution is 6.03. The summed E-state index contributed by atoms with van der Waals surface area (Å²) >= 11 is 0. The van der Waals surface area contributed by atoms with Crippen molar-refractivity contribution in [2.75, 3.05) is 11.9 Å². The largest absolute Gasteiger partial charge is 0.494 e. The topological polar surface area (TPSA) is 88.5 Å². The molecule has 0 aliphatic heterocycles. The standard InChI is InChI=1S/C15H14N2O4/c1-2-21-12-6-3-10(4-7-12)14(18)17-13-8-5-11(9-16-13)15(19)20/h3-9H,2H2,1H3,(H,19,20)(H,16,17,18). The van der Waals surface area contributed by atoms with Crippen LogP contribution >= 0.6 is 0 Å². The first-order valence-corrected chi connectivity index (χ1v) is 6.33. The van der Waals surface area contributed by atoms with Crippen molar-refractivity contribution < 1.29 is 19.4 Å². The highest BCUT2D eigenvalue weighted by Gasteiger charge is 2.08. The number of amides is 1. The van der Waals surface area contributed by atoms with Crippen LogP contribution in [0.5, 0.6) is 5.75 Å². The van der Waals surface area contributed by atoms with Crippen molar-refractivity contribution in [3.05, 3.63) is 53.7 Å². The Bertz CT molecular complexity index is 636. The van der Waals surface area contributed by atoms with Crippen molar-refractivity contribution in [2.24, 2.45) is 0 Å². The number of nitrogens with one attached hydrogen (secondary N) is 1. The fraction of sp³-hybridized carbons (Fsp3) is 0.133. The van der Waals surface area contributed by atoms with Crippen molar-refractivity contribution in [3.8, 4) is 5.75 Å². The molecule has 0 bridgehead atoms.